The number of hydrogen-bond acceptors (Lipinski definition) is 9. The Labute approximate surface area is 294 Å². The molecule has 3 atom stereocenters. The van der Waals surface area contributed by atoms with E-state index in [0.717, 1.165) is 53.0 Å². The summed E-state index contributed by atoms with van der Waals surface area (Å²) in [6.07, 6.45) is 3.75. The normalized spacial score (nSPS) is 21.1. The van der Waals surface area contributed by atoms with Crippen molar-refractivity contribution in [3.05, 3.63) is 58.9 Å². The molecule has 7 rings (SSSR count). The quantitative estimate of drug-likeness (QED) is 0.190. The third-order valence-corrected chi connectivity index (χ3v) is 10.2. The lowest BCUT2D eigenvalue weighted by Gasteiger charge is -2.37. The topological polar surface area (TPSA) is 137 Å². The van der Waals surface area contributed by atoms with Crippen molar-refractivity contribution in [3.63, 3.8) is 0 Å². The monoisotopic (exact) mass is 701 g/mol. The first-order chi connectivity index (χ1) is 23.8. The second-order valence-corrected chi connectivity index (χ2v) is 14.6. The Morgan fingerprint density at radius 3 is 2.66 bits per heavy atom. The van der Waals surface area contributed by atoms with Crippen LogP contribution in [0.2, 0.25) is 5.02 Å². The molecule has 3 N–H and O–H groups in total. The van der Waals surface area contributed by atoms with Crippen molar-refractivity contribution in [1.29, 1.82) is 0 Å². The lowest BCUT2D eigenvalue weighted by atomic mass is 9.92. The smallest absolute Gasteiger partial charge is 0.235 e. The van der Waals surface area contributed by atoms with Crippen molar-refractivity contribution in [1.82, 2.24) is 25.1 Å². The van der Waals surface area contributed by atoms with Crippen LogP contribution in [0.5, 0.6) is 0 Å². The van der Waals surface area contributed by atoms with Gasteiger partial charge in [0.05, 0.1) is 29.7 Å². The first kappa shape index (κ1) is 33.7. The van der Waals surface area contributed by atoms with Gasteiger partial charge in [-0.2, -0.15) is 10.1 Å². The van der Waals surface area contributed by atoms with Gasteiger partial charge in [0.15, 0.2) is 5.82 Å². The molecule has 14 heteroatoms. The summed E-state index contributed by atoms with van der Waals surface area (Å²) in [4.78, 5) is 50.0. The fourth-order valence-electron chi connectivity index (χ4n) is 7.16. The molecule has 0 radical (unpaired) electrons. The molecular formula is C36H41ClFN9O3. The van der Waals surface area contributed by atoms with Gasteiger partial charge in [-0.1, -0.05) is 18.5 Å². The van der Waals surface area contributed by atoms with E-state index in [1.807, 2.05) is 37.4 Å². The largest absolute Gasteiger partial charge is 0.382 e. The second kappa shape index (κ2) is 13.2. The molecule has 2 aromatic carbocycles. The summed E-state index contributed by atoms with van der Waals surface area (Å²) >= 11 is 6.53. The summed E-state index contributed by atoms with van der Waals surface area (Å²) in [6.45, 7) is 7.05. The van der Waals surface area contributed by atoms with E-state index in [1.54, 1.807) is 15.8 Å². The number of carbonyl (C=O) groups excluding carboxylic acids is 3. The Morgan fingerprint density at radius 1 is 1.10 bits per heavy atom. The van der Waals surface area contributed by atoms with Gasteiger partial charge in [0.2, 0.25) is 23.7 Å². The van der Waals surface area contributed by atoms with Gasteiger partial charge in [-0.05, 0) is 81.0 Å². The molecule has 0 aliphatic carbocycles. The Balaban J connectivity index is 1.00. The third kappa shape index (κ3) is 6.83. The number of imide groups is 1. The average molecular weight is 702 g/mol. The molecule has 0 bridgehead atoms. The van der Waals surface area contributed by atoms with Crippen molar-refractivity contribution >= 4 is 69.1 Å². The SMILES string of the molecule is C[C@@H]1CN(c2ncc(Cl)c(Nc3ccc4c(c3)CC(=O)N4CCC(C)(C)F)n2)CC[C@H]1Nc1ccc2c([C@@H]3CCC(=O)NC3=O)nn(C)c2c1. The van der Waals surface area contributed by atoms with E-state index in [2.05, 4.69) is 43.9 Å². The van der Waals surface area contributed by atoms with E-state index in [-0.39, 0.29) is 42.5 Å². The number of fused-ring (bicyclic) bond motifs is 2. The maximum absolute atomic E-state index is 14.1. The van der Waals surface area contributed by atoms with E-state index >= 15 is 0 Å². The molecule has 3 aliphatic rings. The number of anilines is 5. The molecule has 0 unspecified atom stereocenters. The minimum absolute atomic E-state index is 0.0350. The molecule has 12 nitrogen and oxygen atoms in total. The first-order valence-corrected chi connectivity index (χ1v) is 17.4. The van der Waals surface area contributed by atoms with Gasteiger partial charge in [0.1, 0.15) is 10.7 Å². The maximum Gasteiger partial charge on any atom is 0.235 e. The highest BCUT2D eigenvalue weighted by molar-refractivity contribution is 6.33. The number of aromatic nitrogens is 4. The van der Waals surface area contributed by atoms with Gasteiger partial charge in [-0.15, -0.1) is 0 Å². The number of rotatable bonds is 9. The Kier molecular flexibility index (Phi) is 8.87. The Bertz CT molecular complexity index is 1990. The Hall–Kier alpha value is -4.78. The van der Waals surface area contributed by atoms with E-state index in [9.17, 15) is 18.8 Å². The summed E-state index contributed by atoms with van der Waals surface area (Å²) in [6, 6.07) is 12.0. The number of benzene rings is 2. The molecule has 3 aliphatic heterocycles. The lowest BCUT2D eigenvalue weighted by Crippen LogP contribution is -2.46. The number of halogens is 2. The maximum atomic E-state index is 14.1. The van der Waals surface area contributed by atoms with E-state index < -0.39 is 11.6 Å². The number of aryl methyl sites for hydroxylation is 1. The third-order valence-electron chi connectivity index (χ3n) is 9.93. The highest BCUT2D eigenvalue weighted by atomic mass is 35.5. The minimum Gasteiger partial charge on any atom is -0.382 e. The summed E-state index contributed by atoms with van der Waals surface area (Å²) in [5.41, 5.74) is 3.68. The summed E-state index contributed by atoms with van der Waals surface area (Å²) in [5.74, 6) is 0.315. The van der Waals surface area contributed by atoms with Crippen molar-refractivity contribution in [2.45, 2.75) is 70.5 Å². The molecule has 2 aromatic heterocycles. The zero-order valence-corrected chi connectivity index (χ0v) is 29.4. The van der Waals surface area contributed by atoms with Crippen LogP contribution in [0.25, 0.3) is 10.9 Å². The van der Waals surface area contributed by atoms with Crippen LogP contribution in [-0.2, 0) is 27.9 Å². The van der Waals surface area contributed by atoms with Gasteiger partial charge in [0.25, 0.3) is 0 Å². The van der Waals surface area contributed by atoms with Crippen LogP contribution in [-0.4, -0.2) is 68.8 Å². The van der Waals surface area contributed by atoms with Crippen molar-refractivity contribution in [2.24, 2.45) is 13.0 Å². The zero-order chi connectivity index (χ0) is 35.3. The first-order valence-electron chi connectivity index (χ1n) is 17.1. The summed E-state index contributed by atoms with van der Waals surface area (Å²) in [5, 5.41) is 15.4. The fraction of sp³-hybridized carbons (Fsp3) is 0.444. The van der Waals surface area contributed by atoms with Crippen LogP contribution in [0.4, 0.5) is 33.2 Å². The number of piperidine rings is 2. The van der Waals surface area contributed by atoms with Crippen LogP contribution in [0.15, 0.2) is 42.6 Å². The van der Waals surface area contributed by atoms with Gasteiger partial charge in [0, 0.05) is 61.6 Å². The molecule has 262 valence electrons. The molecule has 4 aromatic rings. The predicted octanol–water partition coefficient (Wildman–Crippen LogP) is 5.63. The molecule has 2 fully saturated rings. The van der Waals surface area contributed by atoms with Crippen molar-refractivity contribution in [2.75, 3.05) is 40.1 Å². The minimum atomic E-state index is -1.35. The van der Waals surface area contributed by atoms with Gasteiger partial charge >= 0.3 is 0 Å². The highest BCUT2D eigenvalue weighted by Gasteiger charge is 2.33. The molecule has 2 saturated heterocycles. The lowest BCUT2D eigenvalue weighted by molar-refractivity contribution is -0.134. The second-order valence-electron chi connectivity index (χ2n) is 14.2. The van der Waals surface area contributed by atoms with Crippen LogP contribution >= 0.6 is 11.6 Å². The van der Waals surface area contributed by atoms with Crippen LogP contribution < -0.4 is 25.8 Å². The summed E-state index contributed by atoms with van der Waals surface area (Å²) < 4.78 is 15.9. The molecule has 5 heterocycles. The van der Waals surface area contributed by atoms with Crippen LogP contribution in [0.1, 0.15) is 63.6 Å². The molecule has 0 saturated carbocycles. The average Bonchev–Trinajstić information content (AvgIpc) is 3.56. The highest BCUT2D eigenvalue weighted by Crippen LogP contribution is 2.35. The number of amides is 3. The molecular weight excluding hydrogens is 661 g/mol. The number of nitrogens with one attached hydrogen (secondary N) is 3. The number of nitrogens with zero attached hydrogens (tertiary/aromatic N) is 6. The number of carbonyl (C=O) groups is 3. The summed E-state index contributed by atoms with van der Waals surface area (Å²) in [7, 11) is 1.87. The molecule has 0 spiro atoms. The number of alkyl halides is 1. The van der Waals surface area contributed by atoms with E-state index in [0.29, 0.717) is 41.9 Å². The van der Waals surface area contributed by atoms with Gasteiger partial charge in [-0.25, -0.2) is 9.37 Å². The standard InChI is InChI=1S/C36H41ClFN9O3/c1-20-19-46(13-11-27(20)40-23-5-7-24-29(17-23)45(4)44-32(24)25-8-10-30(48)42-34(25)50)35-39-18-26(37)33(43-35)41-22-6-9-28-21(15-22)16-31(49)47(28)14-12-36(2,3)38/h5-7,9,15,17-18,20,25,27,40H,8,10-14,16,19H2,1-4H3,(H,39,41,43)(H,42,48,50)/t20-,25+,27-/m1/s1. The number of hydrogen-bond donors (Lipinski definition) is 3. The van der Waals surface area contributed by atoms with Crippen molar-refractivity contribution < 1.29 is 18.8 Å². The zero-order valence-electron chi connectivity index (χ0n) is 28.6. The van der Waals surface area contributed by atoms with Crippen molar-refractivity contribution in [3.8, 4) is 0 Å². The molecule has 3 amide bonds. The van der Waals surface area contributed by atoms with Gasteiger partial charge < -0.3 is 20.4 Å². The van der Waals surface area contributed by atoms with Gasteiger partial charge in [-0.3, -0.25) is 24.4 Å². The van der Waals surface area contributed by atoms with Crippen LogP contribution in [0, 0.1) is 5.92 Å². The van der Waals surface area contributed by atoms with E-state index in [1.165, 1.54) is 13.8 Å². The fourth-order valence-corrected chi connectivity index (χ4v) is 7.30. The Morgan fingerprint density at radius 2 is 1.90 bits per heavy atom. The van der Waals surface area contributed by atoms with Crippen LogP contribution in [0.3, 0.4) is 0 Å². The molecule has 50 heavy (non-hydrogen) atoms. The predicted molar refractivity (Wildman–Crippen MR) is 192 cm³/mol. The van der Waals surface area contributed by atoms with E-state index in [4.69, 9.17) is 16.6 Å².